The maximum absolute atomic E-state index is 11.5. The molecular weight excluding hydrogens is 220 g/mol. The Morgan fingerprint density at radius 1 is 1.27 bits per heavy atom. The van der Waals surface area contributed by atoms with Gasteiger partial charge in [0.15, 0.2) is 6.29 Å². The number of methoxy groups -OCH3 is 2. The average molecular weight is 238 g/mol. The fourth-order valence-electron chi connectivity index (χ4n) is 1.26. The zero-order valence-corrected chi connectivity index (χ0v) is 10.0. The van der Waals surface area contributed by atoms with Crippen LogP contribution in [0.15, 0.2) is 0 Å². The van der Waals surface area contributed by atoms with E-state index in [0.717, 1.165) is 12.8 Å². The minimum Gasteiger partial charge on any atom is -0.354 e. The molecule has 0 aromatic carbocycles. The highest BCUT2D eigenvalue weighted by Gasteiger charge is 2.29. The maximum atomic E-state index is 11.5. The van der Waals surface area contributed by atoms with Gasteiger partial charge in [0, 0.05) is 20.3 Å². The van der Waals surface area contributed by atoms with Crippen LogP contribution in [0.5, 0.6) is 0 Å². The number of nitrogens with one attached hydrogen (secondary N) is 2. The molecule has 0 aromatic heterocycles. The molecule has 0 amide bonds. The van der Waals surface area contributed by atoms with Gasteiger partial charge in [0.05, 0.1) is 6.04 Å². The van der Waals surface area contributed by atoms with Crippen LogP contribution in [0, 0.1) is 0 Å². The van der Waals surface area contributed by atoms with E-state index in [-0.39, 0.29) is 6.04 Å². The Hall–Kier alpha value is -0.210. The van der Waals surface area contributed by atoms with Gasteiger partial charge in [-0.3, -0.25) is 0 Å². The molecule has 1 unspecified atom stereocenters. The molecule has 0 aliphatic heterocycles. The lowest BCUT2D eigenvalue weighted by atomic mass is 10.3. The quantitative estimate of drug-likeness (QED) is 0.591. The standard InChI is InChI=1S/C8H18N2O4S/c1-6(8(13-2)14-3)9-15(11,12)10-7-4-5-7/h6-10H,4-5H2,1-3H3. The smallest absolute Gasteiger partial charge is 0.277 e. The van der Waals surface area contributed by atoms with Gasteiger partial charge >= 0.3 is 0 Å². The Kier molecular flexibility index (Phi) is 4.47. The number of hydrogen-bond acceptors (Lipinski definition) is 4. The normalized spacial score (nSPS) is 19.5. The number of ether oxygens (including phenoxy) is 2. The minimum absolute atomic E-state index is 0.0956. The van der Waals surface area contributed by atoms with E-state index in [2.05, 4.69) is 9.44 Å². The van der Waals surface area contributed by atoms with Crippen LogP contribution in [-0.4, -0.2) is 41.0 Å². The van der Waals surface area contributed by atoms with Crippen molar-refractivity contribution in [2.75, 3.05) is 14.2 Å². The topological polar surface area (TPSA) is 76.7 Å². The Bertz CT molecular complexity index is 285. The van der Waals surface area contributed by atoms with Gasteiger partial charge in [-0.25, -0.2) is 0 Å². The van der Waals surface area contributed by atoms with E-state index in [4.69, 9.17) is 9.47 Å². The van der Waals surface area contributed by atoms with Crippen molar-refractivity contribution in [3.8, 4) is 0 Å². The maximum Gasteiger partial charge on any atom is 0.277 e. The van der Waals surface area contributed by atoms with Crippen molar-refractivity contribution in [2.24, 2.45) is 0 Å². The fourth-order valence-corrected chi connectivity index (χ4v) is 2.60. The summed E-state index contributed by atoms with van der Waals surface area (Å²) >= 11 is 0. The first kappa shape index (κ1) is 12.9. The number of rotatable bonds is 7. The molecule has 90 valence electrons. The van der Waals surface area contributed by atoms with Crippen LogP contribution in [0.3, 0.4) is 0 Å². The molecule has 0 spiro atoms. The Morgan fingerprint density at radius 2 is 1.80 bits per heavy atom. The molecule has 0 radical (unpaired) electrons. The molecule has 15 heavy (non-hydrogen) atoms. The minimum atomic E-state index is -3.44. The SMILES string of the molecule is COC(OC)C(C)NS(=O)(=O)NC1CC1. The van der Waals surface area contributed by atoms with Crippen molar-refractivity contribution in [2.45, 2.75) is 38.1 Å². The third-order valence-electron chi connectivity index (χ3n) is 2.11. The molecule has 1 saturated carbocycles. The summed E-state index contributed by atoms with van der Waals surface area (Å²) in [6, 6.07) is -0.338. The third-order valence-corrected chi connectivity index (χ3v) is 3.44. The van der Waals surface area contributed by atoms with E-state index in [1.54, 1.807) is 6.92 Å². The third kappa shape index (κ3) is 4.43. The zero-order valence-electron chi connectivity index (χ0n) is 9.19. The van der Waals surface area contributed by atoms with Crippen LogP contribution in [-0.2, 0) is 19.7 Å². The summed E-state index contributed by atoms with van der Waals surface area (Å²) in [6.07, 6.45) is 1.24. The van der Waals surface area contributed by atoms with Crippen molar-refractivity contribution in [3.05, 3.63) is 0 Å². The molecule has 1 fully saturated rings. The largest absolute Gasteiger partial charge is 0.354 e. The predicted molar refractivity (Wildman–Crippen MR) is 55.5 cm³/mol. The highest BCUT2D eigenvalue weighted by molar-refractivity contribution is 7.87. The first-order chi connectivity index (χ1) is 6.98. The zero-order chi connectivity index (χ0) is 11.5. The molecule has 1 rings (SSSR count). The lowest BCUT2D eigenvalue weighted by Gasteiger charge is -2.21. The molecule has 0 heterocycles. The van der Waals surface area contributed by atoms with Crippen molar-refractivity contribution >= 4 is 10.2 Å². The summed E-state index contributed by atoms with van der Waals surface area (Å²) in [4.78, 5) is 0. The Labute approximate surface area is 90.5 Å². The Morgan fingerprint density at radius 3 is 2.20 bits per heavy atom. The fraction of sp³-hybridized carbons (Fsp3) is 1.00. The van der Waals surface area contributed by atoms with Crippen LogP contribution >= 0.6 is 0 Å². The predicted octanol–water partition coefficient (Wildman–Crippen LogP) is -0.420. The molecule has 1 atom stereocenters. The van der Waals surface area contributed by atoms with Gasteiger partial charge in [0.25, 0.3) is 10.2 Å². The molecule has 1 aliphatic carbocycles. The van der Waals surface area contributed by atoms with Gasteiger partial charge in [-0.1, -0.05) is 0 Å². The first-order valence-electron chi connectivity index (χ1n) is 4.83. The highest BCUT2D eigenvalue weighted by atomic mass is 32.2. The van der Waals surface area contributed by atoms with Crippen molar-refractivity contribution in [1.82, 2.24) is 9.44 Å². The summed E-state index contributed by atoms with van der Waals surface area (Å²) < 4.78 is 37.8. The van der Waals surface area contributed by atoms with E-state index in [9.17, 15) is 8.42 Å². The summed E-state index contributed by atoms with van der Waals surface area (Å²) in [5, 5.41) is 0. The monoisotopic (exact) mass is 238 g/mol. The van der Waals surface area contributed by atoms with Crippen LogP contribution in [0.25, 0.3) is 0 Å². The van der Waals surface area contributed by atoms with Gasteiger partial charge in [-0.2, -0.15) is 17.9 Å². The molecule has 2 N–H and O–H groups in total. The average Bonchev–Trinajstić information content (AvgIpc) is 2.88. The van der Waals surface area contributed by atoms with Gasteiger partial charge in [0.1, 0.15) is 0 Å². The molecule has 0 bridgehead atoms. The summed E-state index contributed by atoms with van der Waals surface area (Å²) in [5.74, 6) is 0. The van der Waals surface area contributed by atoms with Gasteiger partial charge in [-0.15, -0.1) is 0 Å². The number of hydrogen-bond donors (Lipinski definition) is 2. The van der Waals surface area contributed by atoms with E-state index < -0.39 is 22.5 Å². The summed E-state index contributed by atoms with van der Waals surface area (Å²) in [6.45, 7) is 1.68. The Balaban J connectivity index is 2.43. The lowest BCUT2D eigenvalue weighted by Crippen LogP contribution is -2.48. The van der Waals surface area contributed by atoms with Crippen LogP contribution in [0.2, 0.25) is 0 Å². The molecule has 0 aromatic rings. The van der Waals surface area contributed by atoms with Crippen molar-refractivity contribution < 1.29 is 17.9 Å². The highest BCUT2D eigenvalue weighted by Crippen LogP contribution is 2.19. The second-order valence-electron chi connectivity index (χ2n) is 3.64. The van der Waals surface area contributed by atoms with E-state index in [1.165, 1.54) is 14.2 Å². The molecule has 7 heteroatoms. The summed E-state index contributed by atoms with van der Waals surface area (Å²) in [7, 11) is -0.512. The second-order valence-corrected chi connectivity index (χ2v) is 5.12. The second kappa shape index (κ2) is 5.22. The van der Waals surface area contributed by atoms with Gasteiger partial charge in [-0.05, 0) is 19.8 Å². The first-order valence-corrected chi connectivity index (χ1v) is 6.32. The molecular formula is C8H18N2O4S. The van der Waals surface area contributed by atoms with E-state index >= 15 is 0 Å². The van der Waals surface area contributed by atoms with Crippen LogP contribution < -0.4 is 9.44 Å². The van der Waals surface area contributed by atoms with Gasteiger partial charge < -0.3 is 9.47 Å². The van der Waals surface area contributed by atoms with Crippen molar-refractivity contribution in [1.29, 1.82) is 0 Å². The molecule has 1 aliphatic rings. The summed E-state index contributed by atoms with van der Waals surface area (Å²) in [5.41, 5.74) is 0. The molecule has 0 saturated heterocycles. The lowest BCUT2D eigenvalue weighted by molar-refractivity contribution is -0.115. The van der Waals surface area contributed by atoms with Crippen molar-refractivity contribution in [3.63, 3.8) is 0 Å². The van der Waals surface area contributed by atoms with Gasteiger partial charge in [0.2, 0.25) is 0 Å². The molecule has 6 nitrogen and oxygen atoms in total. The van der Waals surface area contributed by atoms with E-state index in [0.29, 0.717) is 0 Å². The van der Waals surface area contributed by atoms with E-state index in [1.807, 2.05) is 0 Å². The van der Waals surface area contributed by atoms with Crippen LogP contribution in [0.1, 0.15) is 19.8 Å². The van der Waals surface area contributed by atoms with Crippen LogP contribution in [0.4, 0.5) is 0 Å².